The Bertz CT molecular complexity index is 988. The van der Waals surface area contributed by atoms with Gasteiger partial charge in [-0.15, -0.1) is 0 Å². The van der Waals surface area contributed by atoms with Crippen molar-refractivity contribution in [3.63, 3.8) is 0 Å². The van der Waals surface area contributed by atoms with Gasteiger partial charge in [-0.1, -0.05) is 12.1 Å². The van der Waals surface area contributed by atoms with E-state index in [1.54, 1.807) is 12.1 Å². The van der Waals surface area contributed by atoms with Crippen LogP contribution in [0.4, 0.5) is 10.7 Å². The third kappa shape index (κ3) is 4.00. The van der Waals surface area contributed by atoms with Crippen LogP contribution in [-0.4, -0.2) is 29.9 Å². The minimum atomic E-state index is -2.00. The lowest BCUT2D eigenvalue weighted by Crippen LogP contribution is -2.11. The molecule has 2 aromatic carbocycles. The second-order valence-corrected chi connectivity index (χ2v) is 5.46. The van der Waals surface area contributed by atoms with E-state index in [0.717, 1.165) is 22.2 Å². The fraction of sp³-hybridized carbons (Fsp3) is 0.222. The number of nitrogens with zero attached hydrogens (tertiary/aromatic N) is 1. The molecule has 0 aliphatic carbocycles. The third-order valence-corrected chi connectivity index (χ3v) is 3.45. The molecule has 2 N–H and O–H groups in total. The van der Waals surface area contributed by atoms with Crippen LogP contribution in [0.3, 0.4) is 0 Å². The summed E-state index contributed by atoms with van der Waals surface area (Å²) >= 11 is 0. The molecule has 130 valence electrons. The molecule has 7 nitrogen and oxygen atoms in total. The summed E-state index contributed by atoms with van der Waals surface area (Å²) in [4.78, 5) is 18.1. The molecule has 0 saturated carbocycles. The van der Waals surface area contributed by atoms with Gasteiger partial charge in [-0.25, -0.2) is 9.78 Å². The molecule has 25 heavy (non-hydrogen) atoms. The topological polar surface area (TPSA) is 85.5 Å². The van der Waals surface area contributed by atoms with E-state index in [1.165, 1.54) is 7.11 Å². The van der Waals surface area contributed by atoms with Crippen LogP contribution in [0.2, 0.25) is 0 Å². The first-order valence-corrected chi connectivity index (χ1v) is 7.56. The van der Waals surface area contributed by atoms with Crippen molar-refractivity contribution in [2.45, 2.75) is 13.8 Å². The number of rotatable bonds is 1. The Hall–Kier alpha value is -3.22. The molecular weight excluding hydrogens is 322 g/mol. The predicted molar refractivity (Wildman–Crippen MR) is 94.2 cm³/mol. The maximum atomic E-state index is 10.9. The Morgan fingerprint density at radius 2 is 1.92 bits per heavy atom. The van der Waals surface area contributed by atoms with Gasteiger partial charge in [0.25, 0.3) is 0 Å². The maximum Gasteiger partial charge on any atom is 0.413 e. The monoisotopic (exact) mass is 343 g/mol. The molecule has 0 unspecified atom stereocenters. The van der Waals surface area contributed by atoms with E-state index in [4.69, 9.17) is 12.2 Å². The zero-order valence-electron chi connectivity index (χ0n) is 16.0. The highest BCUT2D eigenvalue weighted by Gasteiger charge is 2.11. The third-order valence-electron chi connectivity index (χ3n) is 3.45. The average molecular weight is 343 g/mol. The number of aromatic nitrogens is 2. The fourth-order valence-corrected chi connectivity index (χ4v) is 2.22. The minimum Gasteiger partial charge on any atom is -0.454 e. The minimum absolute atomic E-state index is 0.391. The van der Waals surface area contributed by atoms with Gasteiger partial charge in [-0.2, -0.15) is 0 Å². The number of fused-ring (bicyclic) bond motifs is 2. The van der Waals surface area contributed by atoms with E-state index in [1.807, 2.05) is 38.1 Å². The van der Waals surface area contributed by atoms with Gasteiger partial charge in [0.2, 0.25) is 12.7 Å². The highest BCUT2D eigenvalue weighted by atomic mass is 16.7. The van der Waals surface area contributed by atoms with Crippen molar-refractivity contribution in [3.8, 4) is 11.5 Å². The Morgan fingerprint density at radius 1 is 1.20 bits per heavy atom. The van der Waals surface area contributed by atoms with Crippen molar-refractivity contribution in [1.82, 2.24) is 9.97 Å². The van der Waals surface area contributed by atoms with Gasteiger partial charge in [0.15, 0.2) is 11.5 Å². The highest BCUT2D eigenvalue weighted by Crippen LogP contribution is 2.31. The lowest BCUT2D eigenvalue weighted by molar-refractivity contribution is 0.174. The zero-order valence-corrected chi connectivity index (χ0v) is 14.0. The molecule has 1 aliphatic rings. The largest absolute Gasteiger partial charge is 0.454 e. The molecule has 3 aromatic rings. The number of hydrogen-bond acceptors (Lipinski definition) is 5. The van der Waals surface area contributed by atoms with Crippen molar-refractivity contribution < 1.29 is 21.7 Å². The summed E-state index contributed by atoms with van der Waals surface area (Å²) in [5, 5.41) is 2.47. The Morgan fingerprint density at radius 3 is 2.72 bits per heavy atom. The van der Waals surface area contributed by atoms with Gasteiger partial charge in [-0.05, 0) is 49.2 Å². The summed E-state index contributed by atoms with van der Waals surface area (Å²) < 4.78 is 28.5. The standard InChI is InChI=1S/C10H11N3O2.C8H8O2/c1-6-3-4-7-8(5-6)12-9(11-7)13-10(14)15-2;1-6-2-3-7-8(4-6)10-5-9-7/h3-5H,1-2H3,(H2,11,12,13,14);2-4H,5H2,1H3/i;5D2. The van der Waals surface area contributed by atoms with Gasteiger partial charge in [0.05, 0.1) is 18.1 Å². The molecule has 0 radical (unpaired) electrons. The second kappa shape index (κ2) is 7.12. The number of methoxy groups -OCH3 is 1. The van der Waals surface area contributed by atoms with Crippen LogP contribution < -0.4 is 14.8 Å². The van der Waals surface area contributed by atoms with Gasteiger partial charge >= 0.3 is 6.09 Å². The first-order valence-electron chi connectivity index (χ1n) is 8.56. The normalized spacial score (nSPS) is 14.8. The van der Waals surface area contributed by atoms with E-state index >= 15 is 0 Å². The second-order valence-electron chi connectivity index (χ2n) is 5.46. The molecule has 4 rings (SSSR count). The number of nitrogens with one attached hydrogen (secondary N) is 2. The molecule has 0 bridgehead atoms. The number of H-pyrrole nitrogens is 1. The lowest BCUT2D eigenvalue weighted by atomic mass is 10.2. The summed E-state index contributed by atoms with van der Waals surface area (Å²) in [6.45, 7) is 1.90. The van der Waals surface area contributed by atoms with Crippen LogP contribution in [0.5, 0.6) is 11.5 Å². The molecule has 1 aliphatic heterocycles. The van der Waals surface area contributed by atoms with Crippen LogP contribution in [0.1, 0.15) is 13.9 Å². The molecule has 1 aromatic heterocycles. The Kier molecular flexibility index (Phi) is 4.03. The summed E-state index contributed by atoms with van der Waals surface area (Å²) in [6, 6.07) is 11.1. The zero-order chi connectivity index (χ0) is 19.6. The first-order chi connectivity index (χ1) is 12.8. The van der Waals surface area contributed by atoms with Crippen molar-refractivity contribution in [3.05, 3.63) is 47.5 Å². The van der Waals surface area contributed by atoms with Crippen LogP contribution in [0.25, 0.3) is 11.0 Å². The highest BCUT2D eigenvalue weighted by molar-refractivity contribution is 5.86. The van der Waals surface area contributed by atoms with Crippen molar-refractivity contribution in [2.75, 3.05) is 19.2 Å². The van der Waals surface area contributed by atoms with Gasteiger partial charge in [0, 0.05) is 0 Å². The van der Waals surface area contributed by atoms with Gasteiger partial charge < -0.3 is 19.2 Å². The Labute approximate surface area is 147 Å². The molecule has 0 saturated heterocycles. The number of anilines is 1. The molecule has 0 spiro atoms. The SMILES string of the molecule is COC(=O)Nc1nc2ccc(C)cc2[nH]1.[2H]C1([2H])Oc2ccc(C)cc2O1. The molecule has 7 heteroatoms. The van der Waals surface area contributed by atoms with Crippen LogP contribution >= 0.6 is 0 Å². The number of hydrogen-bond donors (Lipinski definition) is 2. The number of ether oxygens (including phenoxy) is 3. The van der Waals surface area contributed by atoms with Crippen LogP contribution in [0, 0.1) is 13.8 Å². The maximum absolute atomic E-state index is 10.9. The van der Waals surface area contributed by atoms with E-state index in [2.05, 4.69) is 20.0 Å². The molecule has 0 fully saturated rings. The summed E-state index contributed by atoms with van der Waals surface area (Å²) in [7, 11) is 1.31. The molecular formula is C18H19N3O4. The summed E-state index contributed by atoms with van der Waals surface area (Å²) in [6.07, 6.45) is -0.536. The molecule has 2 heterocycles. The average Bonchev–Trinajstić information content (AvgIpc) is 3.12. The molecule has 1 amide bonds. The smallest absolute Gasteiger partial charge is 0.413 e. The van der Waals surface area contributed by atoms with Crippen molar-refractivity contribution in [2.24, 2.45) is 0 Å². The summed E-state index contributed by atoms with van der Waals surface area (Å²) in [5.74, 6) is 1.33. The molecule has 0 atom stereocenters. The fourth-order valence-electron chi connectivity index (χ4n) is 2.22. The van der Waals surface area contributed by atoms with Crippen molar-refractivity contribution in [1.29, 1.82) is 0 Å². The number of aryl methyl sites for hydroxylation is 2. The summed E-state index contributed by atoms with van der Waals surface area (Å²) in [5.41, 5.74) is 3.86. The van der Waals surface area contributed by atoms with Gasteiger partial charge in [-0.3, -0.25) is 5.32 Å². The predicted octanol–water partition coefficient (Wildman–Crippen LogP) is 3.77. The quantitative estimate of drug-likeness (QED) is 0.702. The van der Waals surface area contributed by atoms with Gasteiger partial charge in [0.1, 0.15) is 2.74 Å². The lowest BCUT2D eigenvalue weighted by Gasteiger charge is -1.96. The first kappa shape index (κ1) is 14.2. The number of benzene rings is 2. The van der Waals surface area contributed by atoms with E-state index in [9.17, 15) is 4.79 Å². The number of carbonyl (C=O) groups is 1. The number of aromatic amines is 1. The van der Waals surface area contributed by atoms with Crippen LogP contribution in [0.15, 0.2) is 36.4 Å². The number of carbonyl (C=O) groups excluding carboxylic acids is 1. The van der Waals surface area contributed by atoms with Crippen LogP contribution in [-0.2, 0) is 4.74 Å². The van der Waals surface area contributed by atoms with E-state index in [0.29, 0.717) is 17.4 Å². The van der Waals surface area contributed by atoms with E-state index < -0.39 is 12.8 Å². The number of imidazole rings is 1. The number of amides is 1. The van der Waals surface area contributed by atoms with E-state index in [-0.39, 0.29) is 0 Å². The van der Waals surface area contributed by atoms with Crippen molar-refractivity contribution >= 4 is 23.1 Å². The Balaban J connectivity index is 0.000000159.